The maximum Gasteiger partial charge on any atom is 0.258 e. The van der Waals surface area contributed by atoms with E-state index in [-0.39, 0.29) is 40.3 Å². The Bertz CT molecular complexity index is 931. The smallest absolute Gasteiger partial charge is 0.258 e. The summed E-state index contributed by atoms with van der Waals surface area (Å²) in [5.74, 6) is -0.267. The van der Waals surface area contributed by atoms with Crippen LogP contribution < -0.4 is 15.4 Å². The predicted octanol–water partition coefficient (Wildman–Crippen LogP) is 2.18. The van der Waals surface area contributed by atoms with Crippen LogP contribution in [0.2, 0.25) is 5.02 Å². The van der Waals surface area contributed by atoms with Crippen molar-refractivity contribution in [3.63, 3.8) is 0 Å². The number of hydrogen-bond donors (Lipinski definition) is 2. The lowest BCUT2D eigenvalue weighted by molar-refractivity contribution is -0.141. The van der Waals surface area contributed by atoms with Crippen molar-refractivity contribution in [3.8, 4) is 5.75 Å². The molecule has 146 valence electrons. The lowest BCUT2D eigenvalue weighted by Gasteiger charge is -2.70. The van der Waals surface area contributed by atoms with Gasteiger partial charge in [0.05, 0.1) is 10.6 Å². The van der Waals surface area contributed by atoms with Crippen molar-refractivity contribution in [2.75, 3.05) is 6.61 Å². The van der Waals surface area contributed by atoms with Crippen molar-refractivity contribution < 1.29 is 18.7 Å². The van der Waals surface area contributed by atoms with E-state index in [0.29, 0.717) is 30.7 Å². The molecule has 2 aromatic rings. The first-order chi connectivity index (χ1) is 13.3. The van der Waals surface area contributed by atoms with Crippen LogP contribution in [0.5, 0.6) is 5.75 Å². The van der Waals surface area contributed by atoms with Gasteiger partial charge in [0.25, 0.3) is 11.8 Å². The normalized spacial score (nSPS) is 24.5. The quantitative estimate of drug-likeness (QED) is 0.769. The topological polar surface area (TPSA) is 93.2 Å². The zero-order valence-corrected chi connectivity index (χ0v) is 15.8. The molecule has 2 N–H and O–H groups in total. The minimum atomic E-state index is -0.601. The van der Waals surface area contributed by atoms with E-state index in [9.17, 15) is 14.0 Å². The third-order valence-corrected chi connectivity index (χ3v) is 5.42. The summed E-state index contributed by atoms with van der Waals surface area (Å²) in [5.41, 5.74) is -0.171. The van der Waals surface area contributed by atoms with Crippen LogP contribution in [0.4, 0.5) is 4.39 Å². The lowest BCUT2D eigenvalue weighted by Crippen LogP contribution is -2.84. The fourth-order valence-electron chi connectivity index (χ4n) is 3.92. The van der Waals surface area contributed by atoms with Gasteiger partial charge in [0, 0.05) is 29.5 Å². The van der Waals surface area contributed by atoms with Crippen LogP contribution in [0.15, 0.2) is 30.6 Å². The van der Waals surface area contributed by atoms with Gasteiger partial charge in [-0.05, 0) is 38.3 Å². The molecule has 2 amide bonds. The first-order valence-electron chi connectivity index (χ1n) is 8.78. The van der Waals surface area contributed by atoms with E-state index >= 15 is 0 Å². The average Bonchev–Trinajstić information content (AvgIpc) is 2.60. The summed E-state index contributed by atoms with van der Waals surface area (Å²) < 4.78 is 18.7. The van der Waals surface area contributed by atoms with Gasteiger partial charge in [-0.15, -0.1) is 0 Å². The molecule has 9 heteroatoms. The third kappa shape index (κ3) is 3.52. The number of hydrogen-bond acceptors (Lipinski definition) is 5. The number of ether oxygens (including phenoxy) is 1. The highest BCUT2D eigenvalue weighted by atomic mass is 35.5. The molecule has 0 aliphatic heterocycles. The van der Waals surface area contributed by atoms with E-state index in [2.05, 4.69) is 20.6 Å². The van der Waals surface area contributed by atoms with Crippen molar-refractivity contribution in [2.24, 2.45) is 0 Å². The molecule has 1 aromatic heterocycles. The number of rotatable bonds is 6. The Morgan fingerprint density at radius 2 is 1.82 bits per heavy atom. The Morgan fingerprint density at radius 3 is 2.46 bits per heavy atom. The zero-order valence-electron chi connectivity index (χ0n) is 15.1. The summed E-state index contributed by atoms with van der Waals surface area (Å²) in [5, 5.41) is 5.94. The number of aromatic nitrogens is 2. The van der Waals surface area contributed by atoms with Crippen molar-refractivity contribution in [2.45, 2.75) is 37.3 Å². The van der Waals surface area contributed by atoms with Gasteiger partial charge in [-0.1, -0.05) is 11.6 Å². The highest BCUT2D eigenvalue weighted by Crippen LogP contribution is 2.60. The summed E-state index contributed by atoms with van der Waals surface area (Å²) in [4.78, 5) is 32.5. The van der Waals surface area contributed by atoms with E-state index < -0.39 is 5.82 Å². The molecular formula is C19H18ClFN4O3. The van der Waals surface area contributed by atoms with Gasteiger partial charge in [-0.25, -0.2) is 14.4 Å². The molecule has 3 saturated carbocycles. The van der Waals surface area contributed by atoms with E-state index in [1.54, 1.807) is 6.92 Å². The number of carbonyl (C=O) groups excluding carboxylic acids is 2. The summed E-state index contributed by atoms with van der Waals surface area (Å²) in [6.45, 7) is 1.53. The van der Waals surface area contributed by atoms with E-state index in [1.807, 2.05) is 0 Å². The second kappa shape index (κ2) is 6.70. The van der Waals surface area contributed by atoms with Crippen molar-refractivity contribution in [1.29, 1.82) is 0 Å². The zero-order chi connectivity index (χ0) is 19.9. The van der Waals surface area contributed by atoms with E-state index in [1.165, 1.54) is 24.5 Å². The number of carbonyl (C=O) groups is 2. The van der Waals surface area contributed by atoms with Crippen LogP contribution in [-0.2, 0) is 4.79 Å². The molecular weight excluding hydrogens is 387 g/mol. The van der Waals surface area contributed by atoms with Crippen molar-refractivity contribution >= 4 is 23.4 Å². The Kier molecular flexibility index (Phi) is 4.45. The third-order valence-electron chi connectivity index (χ3n) is 5.12. The summed E-state index contributed by atoms with van der Waals surface area (Å²) in [7, 11) is 0. The summed E-state index contributed by atoms with van der Waals surface area (Å²) in [6, 6.07) is 4.01. The predicted molar refractivity (Wildman–Crippen MR) is 98.6 cm³/mol. The maximum atomic E-state index is 13.4. The van der Waals surface area contributed by atoms with E-state index in [4.69, 9.17) is 16.3 Å². The largest absolute Gasteiger partial charge is 0.484 e. The molecule has 3 aliphatic rings. The van der Waals surface area contributed by atoms with Gasteiger partial charge in [0.2, 0.25) is 0 Å². The Balaban J connectivity index is 1.24. The monoisotopic (exact) mass is 404 g/mol. The Hall–Kier alpha value is -2.74. The highest BCUT2D eigenvalue weighted by molar-refractivity contribution is 6.30. The number of nitrogens with zero attached hydrogens (tertiary/aromatic N) is 2. The first-order valence-corrected chi connectivity index (χ1v) is 9.16. The molecule has 0 spiro atoms. The molecule has 0 unspecified atom stereocenters. The number of nitrogens with one attached hydrogen (secondary N) is 2. The number of benzene rings is 1. The fraction of sp³-hybridized carbons (Fsp3) is 0.368. The van der Waals surface area contributed by atoms with E-state index in [0.717, 1.165) is 6.07 Å². The molecule has 7 nitrogen and oxygen atoms in total. The average molecular weight is 405 g/mol. The molecule has 0 atom stereocenters. The van der Waals surface area contributed by atoms with Crippen LogP contribution in [0.3, 0.4) is 0 Å². The SMILES string of the molecule is Cc1ncc(C(=O)NC23CC(NC(=O)COc4ccc(Cl)c(F)c4)(C2)C3)cn1. The minimum absolute atomic E-state index is 0.00443. The molecule has 3 aliphatic carbocycles. The van der Waals surface area contributed by atoms with Gasteiger partial charge in [0.1, 0.15) is 17.4 Å². The summed E-state index contributed by atoms with van der Waals surface area (Å²) in [6.07, 6.45) is 4.99. The molecule has 2 bridgehead atoms. The van der Waals surface area contributed by atoms with Crippen molar-refractivity contribution in [1.82, 2.24) is 20.6 Å². The van der Waals surface area contributed by atoms with Gasteiger partial charge >= 0.3 is 0 Å². The Labute approximate surface area is 165 Å². The van der Waals surface area contributed by atoms with Crippen LogP contribution in [-0.4, -0.2) is 39.5 Å². The number of amides is 2. The standard InChI is InChI=1S/C19H18ClFN4O3/c1-11-22-5-12(6-23-11)17(27)25-19-8-18(9-19,10-19)24-16(26)7-28-13-2-3-14(20)15(21)4-13/h2-6H,7-10H2,1H3,(H,24,26)(H,25,27). The van der Waals surface area contributed by atoms with Gasteiger partial charge in [0.15, 0.2) is 6.61 Å². The van der Waals surface area contributed by atoms with Crippen molar-refractivity contribution in [3.05, 3.63) is 52.8 Å². The molecule has 0 radical (unpaired) electrons. The second-order valence-corrected chi connectivity index (χ2v) is 7.88. The molecule has 5 rings (SSSR count). The van der Waals surface area contributed by atoms with Crippen LogP contribution in [0.25, 0.3) is 0 Å². The van der Waals surface area contributed by atoms with Gasteiger partial charge in [-0.3, -0.25) is 9.59 Å². The lowest BCUT2D eigenvalue weighted by atomic mass is 9.44. The number of halogens is 2. The van der Waals surface area contributed by atoms with Gasteiger partial charge < -0.3 is 15.4 Å². The number of aryl methyl sites for hydroxylation is 1. The van der Waals surface area contributed by atoms with Crippen LogP contribution in [0, 0.1) is 12.7 Å². The fourth-order valence-corrected chi connectivity index (χ4v) is 4.04. The first kappa shape index (κ1) is 18.6. The molecule has 1 aromatic carbocycles. The molecule has 0 saturated heterocycles. The molecule has 1 heterocycles. The summed E-state index contributed by atoms with van der Waals surface area (Å²) >= 11 is 5.61. The molecule has 3 fully saturated rings. The minimum Gasteiger partial charge on any atom is -0.484 e. The highest BCUT2D eigenvalue weighted by Gasteiger charge is 2.69. The maximum absolute atomic E-state index is 13.4. The van der Waals surface area contributed by atoms with Gasteiger partial charge in [-0.2, -0.15) is 0 Å². The molecule has 28 heavy (non-hydrogen) atoms. The van der Waals surface area contributed by atoms with Crippen LogP contribution >= 0.6 is 11.6 Å². The second-order valence-electron chi connectivity index (χ2n) is 7.48. The Morgan fingerprint density at radius 1 is 1.18 bits per heavy atom. The van der Waals surface area contributed by atoms with Crippen LogP contribution in [0.1, 0.15) is 35.4 Å².